The zero-order valence-electron chi connectivity index (χ0n) is 17.4. The average Bonchev–Trinajstić information content (AvgIpc) is 2.97. The minimum absolute atomic E-state index is 1.07. The number of para-hydroxylation sites is 1. The van der Waals surface area contributed by atoms with Crippen LogP contribution >= 0.6 is 15.9 Å². The Morgan fingerprint density at radius 1 is 0.438 bits per heavy atom. The van der Waals surface area contributed by atoms with Crippen molar-refractivity contribution in [1.82, 2.24) is 0 Å². The van der Waals surface area contributed by atoms with E-state index in [0.717, 1.165) is 10.2 Å². The zero-order chi connectivity index (χ0) is 21.5. The summed E-state index contributed by atoms with van der Waals surface area (Å²) >= 11 is 3.72. The zero-order valence-corrected chi connectivity index (χ0v) is 19.0. The van der Waals surface area contributed by atoms with Gasteiger partial charge in [0, 0.05) is 21.3 Å². The van der Waals surface area contributed by atoms with E-state index in [0.29, 0.717) is 0 Å². The second-order valence-electron chi connectivity index (χ2n) is 7.98. The van der Waals surface area contributed by atoms with E-state index in [4.69, 9.17) is 0 Å². The van der Waals surface area contributed by atoms with Crippen molar-refractivity contribution in [3.8, 4) is 33.4 Å². The molecular formula is C30H20BrN. The summed E-state index contributed by atoms with van der Waals surface area (Å²) in [6.07, 6.45) is 0. The first-order valence-electron chi connectivity index (χ1n) is 10.7. The smallest absolute Gasteiger partial charge is 0.0551 e. The summed E-state index contributed by atoms with van der Waals surface area (Å²) in [7, 11) is 0. The molecule has 0 radical (unpaired) electrons. The number of halogens is 1. The van der Waals surface area contributed by atoms with E-state index in [2.05, 4.69) is 142 Å². The van der Waals surface area contributed by atoms with Crippen LogP contribution in [0.1, 0.15) is 0 Å². The summed E-state index contributed by atoms with van der Waals surface area (Å²) in [4.78, 5) is 2.39. The molecule has 0 amide bonds. The second-order valence-corrected chi connectivity index (χ2v) is 8.89. The fraction of sp³-hybridized carbons (Fsp3) is 0. The predicted octanol–water partition coefficient (Wildman–Crippen LogP) is 9.23. The summed E-state index contributed by atoms with van der Waals surface area (Å²) in [5.74, 6) is 0. The van der Waals surface area contributed by atoms with Gasteiger partial charge in [-0.15, -0.1) is 0 Å². The van der Waals surface area contributed by atoms with Gasteiger partial charge in [-0.1, -0.05) is 107 Å². The predicted molar refractivity (Wildman–Crippen MR) is 139 cm³/mol. The van der Waals surface area contributed by atoms with E-state index >= 15 is 0 Å². The summed E-state index contributed by atoms with van der Waals surface area (Å²) in [6, 6.07) is 43.3. The minimum Gasteiger partial charge on any atom is -0.309 e. The van der Waals surface area contributed by atoms with Crippen LogP contribution in [0, 0.1) is 0 Å². The number of fused-ring (bicyclic) bond motifs is 5. The highest BCUT2D eigenvalue weighted by molar-refractivity contribution is 9.10. The van der Waals surface area contributed by atoms with Gasteiger partial charge in [0.25, 0.3) is 0 Å². The molecule has 152 valence electrons. The Labute approximate surface area is 196 Å². The molecule has 0 atom stereocenters. The van der Waals surface area contributed by atoms with E-state index in [9.17, 15) is 0 Å². The van der Waals surface area contributed by atoms with Crippen LogP contribution in [0.2, 0.25) is 0 Å². The van der Waals surface area contributed by atoms with Gasteiger partial charge < -0.3 is 4.90 Å². The minimum atomic E-state index is 1.07. The van der Waals surface area contributed by atoms with Crippen LogP contribution in [0.15, 0.2) is 126 Å². The number of hydrogen-bond acceptors (Lipinski definition) is 1. The fourth-order valence-electron chi connectivity index (χ4n) is 4.63. The van der Waals surface area contributed by atoms with E-state index in [1.807, 2.05) is 0 Å². The van der Waals surface area contributed by atoms with Gasteiger partial charge in [-0.25, -0.2) is 0 Å². The molecule has 1 aliphatic heterocycles. The van der Waals surface area contributed by atoms with Crippen molar-refractivity contribution in [2.45, 2.75) is 0 Å². The van der Waals surface area contributed by atoms with Crippen molar-refractivity contribution in [2.75, 3.05) is 4.90 Å². The van der Waals surface area contributed by atoms with E-state index in [-0.39, 0.29) is 0 Å². The number of rotatable bonds is 2. The SMILES string of the molecule is Brc1ccc2c(c1)N(c1cccc(-c3ccccc3)c1)c1ccccc1-c1ccccc1-2. The highest BCUT2D eigenvalue weighted by Gasteiger charge is 2.26. The molecule has 0 aromatic heterocycles. The van der Waals surface area contributed by atoms with Gasteiger partial charge in [-0.2, -0.15) is 0 Å². The molecule has 1 nitrogen and oxygen atoms in total. The molecule has 0 saturated carbocycles. The summed E-state index contributed by atoms with van der Waals surface area (Å²) in [5.41, 5.74) is 10.9. The molecule has 1 aliphatic rings. The van der Waals surface area contributed by atoms with Crippen molar-refractivity contribution in [1.29, 1.82) is 0 Å². The summed E-state index contributed by atoms with van der Waals surface area (Å²) in [6.45, 7) is 0. The van der Waals surface area contributed by atoms with Crippen molar-refractivity contribution in [2.24, 2.45) is 0 Å². The van der Waals surface area contributed by atoms with E-state index < -0.39 is 0 Å². The maximum absolute atomic E-state index is 3.72. The first-order chi connectivity index (χ1) is 15.8. The van der Waals surface area contributed by atoms with Gasteiger partial charge in [-0.3, -0.25) is 0 Å². The standard InChI is InChI=1S/C30H20BrN/c31-23-17-18-28-26-14-5-4-13-25(26)27-15-6-7-16-29(27)32(30(28)20-23)24-12-8-11-22(19-24)21-9-2-1-3-10-21/h1-20H. The first kappa shape index (κ1) is 19.1. The maximum atomic E-state index is 3.72. The third-order valence-corrected chi connectivity index (χ3v) is 6.56. The van der Waals surface area contributed by atoms with Crippen LogP contribution in [-0.4, -0.2) is 0 Å². The molecule has 6 rings (SSSR count). The van der Waals surface area contributed by atoms with Gasteiger partial charge in [-0.05, 0) is 52.6 Å². The lowest BCUT2D eigenvalue weighted by molar-refractivity contribution is 1.29. The molecule has 0 N–H and O–H groups in total. The Hall–Kier alpha value is -3.62. The quantitative estimate of drug-likeness (QED) is 0.242. The number of anilines is 3. The van der Waals surface area contributed by atoms with Gasteiger partial charge in [0.15, 0.2) is 0 Å². The van der Waals surface area contributed by atoms with Crippen LogP contribution in [0.25, 0.3) is 33.4 Å². The van der Waals surface area contributed by atoms with E-state index in [1.165, 1.54) is 44.8 Å². The molecule has 32 heavy (non-hydrogen) atoms. The normalized spacial score (nSPS) is 11.8. The maximum Gasteiger partial charge on any atom is 0.0551 e. The van der Waals surface area contributed by atoms with Crippen molar-refractivity contribution < 1.29 is 0 Å². The molecule has 5 aromatic carbocycles. The van der Waals surface area contributed by atoms with Gasteiger partial charge >= 0.3 is 0 Å². The molecule has 0 spiro atoms. The molecular weight excluding hydrogens is 454 g/mol. The third kappa shape index (κ3) is 3.16. The number of hydrogen-bond donors (Lipinski definition) is 0. The summed E-state index contributed by atoms with van der Waals surface area (Å²) in [5, 5.41) is 0. The molecule has 2 heteroatoms. The monoisotopic (exact) mass is 473 g/mol. The van der Waals surface area contributed by atoms with Crippen LogP contribution in [0.4, 0.5) is 17.1 Å². The van der Waals surface area contributed by atoms with Crippen molar-refractivity contribution in [3.63, 3.8) is 0 Å². The lowest BCUT2D eigenvalue weighted by atomic mass is 9.95. The lowest BCUT2D eigenvalue weighted by Gasteiger charge is -2.28. The fourth-order valence-corrected chi connectivity index (χ4v) is 4.98. The van der Waals surface area contributed by atoms with Crippen LogP contribution in [-0.2, 0) is 0 Å². The Bertz CT molecular complexity index is 1440. The van der Waals surface area contributed by atoms with Crippen LogP contribution < -0.4 is 4.90 Å². The largest absolute Gasteiger partial charge is 0.309 e. The highest BCUT2D eigenvalue weighted by atomic mass is 79.9. The molecule has 0 bridgehead atoms. The molecule has 0 unspecified atom stereocenters. The van der Waals surface area contributed by atoms with Gasteiger partial charge in [0.1, 0.15) is 0 Å². The summed E-state index contributed by atoms with van der Waals surface area (Å²) < 4.78 is 1.07. The van der Waals surface area contributed by atoms with Crippen molar-refractivity contribution in [3.05, 3.63) is 126 Å². The molecule has 5 aromatic rings. The Kier molecular flexibility index (Phi) is 4.66. The molecule has 0 saturated heterocycles. The third-order valence-electron chi connectivity index (χ3n) is 6.06. The average molecular weight is 474 g/mol. The highest BCUT2D eigenvalue weighted by Crippen LogP contribution is 2.51. The molecule has 0 fully saturated rings. The lowest BCUT2D eigenvalue weighted by Crippen LogP contribution is -2.11. The Morgan fingerprint density at radius 3 is 1.84 bits per heavy atom. The second kappa shape index (κ2) is 7.81. The molecule has 1 heterocycles. The van der Waals surface area contributed by atoms with E-state index in [1.54, 1.807) is 0 Å². The van der Waals surface area contributed by atoms with Crippen LogP contribution in [0.5, 0.6) is 0 Å². The van der Waals surface area contributed by atoms with Crippen molar-refractivity contribution >= 4 is 33.0 Å². The van der Waals surface area contributed by atoms with Gasteiger partial charge in [0.05, 0.1) is 11.4 Å². The number of nitrogens with zero attached hydrogens (tertiary/aromatic N) is 1. The Balaban J connectivity index is 1.66. The Morgan fingerprint density at radius 2 is 1.06 bits per heavy atom. The van der Waals surface area contributed by atoms with Gasteiger partial charge in [0.2, 0.25) is 0 Å². The topological polar surface area (TPSA) is 3.24 Å². The van der Waals surface area contributed by atoms with Crippen LogP contribution in [0.3, 0.4) is 0 Å². The first-order valence-corrected chi connectivity index (χ1v) is 11.5. The molecule has 0 aliphatic carbocycles. The number of benzene rings is 5.